The minimum absolute atomic E-state index is 0.0101. The lowest BCUT2D eigenvalue weighted by molar-refractivity contribution is -0.314. The summed E-state index contributed by atoms with van der Waals surface area (Å²) in [7, 11) is 9.14. The average Bonchev–Trinajstić information content (AvgIpc) is 3.87. The zero-order chi connectivity index (χ0) is 40.0. The van der Waals surface area contributed by atoms with Gasteiger partial charge in [-0.25, -0.2) is 4.98 Å². The van der Waals surface area contributed by atoms with Crippen LogP contribution in [0.2, 0.25) is 0 Å². The van der Waals surface area contributed by atoms with Gasteiger partial charge in [-0.3, -0.25) is 9.59 Å². The van der Waals surface area contributed by atoms with Crippen molar-refractivity contribution < 1.29 is 47.5 Å². The minimum Gasteiger partial charge on any atom is -0.462 e. The summed E-state index contributed by atoms with van der Waals surface area (Å²) in [6.07, 6.45) is 5.50. The normalized spacial score (nSPS) is 43.2. The maximum Gasteiger partial charge on any atom is 0.306 e. The third-order valence-electron chi connectivity index (χ3n) is 14.1. The van der Waals surface area contributed by atoms with E-state index in [0.29, 0.717) is 12.5 Å². The number of fused-ring (bicyclic) bond motifs is 8. The molecule has 3 aliphatic carbocycles. The number of nitrogens with zero attached hydrogens (tertiary/aromatic N) is 2. The second kappa shape index (κ2) is 17.6. The molecule has 1 aromatic heterocycles. The topological polar surface area (TPSA) is 140 Å². The van der Waals surface area contributed by atoms with Crippen LogP contribution in [0.5, 0.6) is 0 Å². The van der Waals surface area contributed by atoms with Crippen LogP contribution in [-0.4, -0.2) is 129 Å². The van der Waals surface area contributed by atoms with Crippen molar-refractivity contribution in [2.24, 2.45) is 23.7 Å². The van der Waals surface area contributed by atoms with Gasteiger partial charge in [-0.1, -0.05) is 19.9 Å². The fourth-order valence-corrected chi connectivity index (χ4v) is 11.3. The number of likely N-dealkylation sites (N-methyl/N-ethyl adjacent to an activating group) is 1. The quantitative estimate of drug-likeness (QED) is 0.312. The largest absolute Gasteiger partial charge is 0.462 e. The van der Waals surface area contributed by atoms with Crippen molar-refractivity contribution in [1.29, 1.82) is 0 Å². The van der Waals surface area contributed by atoms with Gasteiger partial charge in [0.15, 0.2) is 18.4 Å². The first-order chi connectivity index (χ1) is 26.9. The Balaban J connectivity index is 1.18. The molecule has 0 bridgehead atoms. The average molecular weight is 786 g/mol. The maximum absolute atomic E-state index is 15.0. The number of ketones is 1. The van der Waals surface area contributed by atoms with Crippen molar-refractivity contribution in [2.75, 3.05) is 35.4 Å². The first-order valence-corrected chi connectivity index (χ1v) is 21.3. The van der Waals surface area contributed by atoms with E-state index in [-0.39, 0.29) is 96.8 Å². The second-order valence-corrected chi connectivity index (χ2v) is 17.6. The summed E-state index contributed by atoms with van der Waals surface area (Å²) >= 11 is 0. The van der Waals surface area contributed by atoms with E-state index in [1.165, 1.54) is 0 Å². The number of methoxy groups -OCH3 is 3. The highest BCUT2D eigenvalue weighted by atomic mass is 16.7. The third-order valence-corrected chi connectivity index (χ3v) is 14.1. The Morgan fingerprint density at radius 1 is 0.893 bits per heavy atom. The number of esters is 1. The number of Topliss-reactive ketones (excluding diaryl/α,β-unsaturated/α-hetero) is 1. The van der Waals surface area contributed by atoms with E-state index < -0.39 is 18.3 Å². The molecular formula is C43H67N3O10. The van der Waals surface area contributed by atoms with Gasteiger partial charge < -0.3 is 47.8 Å². The van der Waals surface area contributed by atoms with Gasteiger partial charge in [0, 0.05) is 56.7 Å². The van der Waals surface area contributed by atoms with E-state index in [2.05, 4.69) is 43.9 Å². The highest BCUT2D eigenvalue weighted by Crippen LogP contribution is 2.61. The Labute approximate surface area is 333 Å². The molecule has 1 aromatic rings. The standard InChI is InChI=1S/C43H67N3O10/c1-11-25-13-12-14-33(56-35-16-15-32(46(6)7)22(3)52-35)21(2)39(48)31-19-28-27-17-26(55-43-42(51-10)41(50-9)40(49-8)23(4)53-43)18-30(27)37-38(45-24(5)44-37)36(28)29(31)20-34(47)54-25/h19,21-23,25-30,32-33,35-36,40-43H,11-18,20H2,1-10H3,(H,44,45)/t21-,22?,23?,25+,26+,27+,28+,29-,30-,32+,33+,35+,36-,40+,41?,42?,43+/m1/s1. The molecule has 4 heterocycles. The van der Waals surface area contributed by atoms with E-state index in [4.69, 9.17) is 42.9 Å². The van der Waals surface area contributed by atoms with Crippen molar-refractivity contribution in [3.63, 3.8) is 0 Å². The monoisotopic (exact) mass is 785 g/mol. The van der Waals surface area contributed by atoms with Crippen molar-refractivity contribution in [1.82, 2.24) is 14.9 Å². The van der Waals surface area contributed by atoms with Gasteiger partial charge >= 0.3 is 5.97 Å². The van der Waals surface area contributed by atoms with Crippen molar-refractivity contribution >= 4 is 11.8 Å². The Bertz CT molecular complexity index is 1570. The Morgan fingerprint density at radius 2 is 1.64 bits per heavy atom. The smallest absolute Gasteiger partial charge is 0.306 e. The fourth-order valence-electron chi connectivity index (χ4n) is 11.3. The van der Waals surface area contributed by atoms with Gasteiger partial charge in [-0.05, 0) is 104 Å². The van der Waals surface area contributed by atoms with Gasteiger partial charge in [-0.2, -0.15) is 0 Å². The number of allylic oxidation sites excluding steroid dienone is 2. The summed E-state index contributed by atoms with van der Waals surface area (Å²) in [4.78, 5) is 39.7. The predicted molar refractivity (Wildman–Crippen MR) is 207 cm³/mol. The van der Waals surface area contributed by atoms with Crippen molar-refractivity contribution in [3.8, 4) is 0 Å². The van der Waals surface area contributed by atoms with Crippen molar-refractivity contribution in [3.05, 3.63) is 28.9 Å². The number of carbonyl (C=O) groups is 2. The Hall–Kier alpha value is -2.23. The highest BCUT2D eigenvalue weighted by molar-refractivity contribution is 5.99. The van der Waals surface area contributed by atoms with Crippen LogP contribution in [0.3, 0.4) is 0 Å². The van der Waals surface area contributed by atoms with Crippen LogP contribution in [0.25, 0.3) is 0 Å². The molecule has 0 spiro atoms. The number of hydrogen-bond donors (Lipinski definition) is 1. The SMILES string of the molecule is CC[C@H]1CCC[C@H](O[C@H]2CC[C@H](N(C)C)C(C)O2)[C@@H](C)C(=O)C2=C[C@H]3[C@@H]4C[C@H](O[C@@H]5OC(C)[C@H](OC)C(OC)C5OC)C[C@H]4c4nc(C)[nH]c4[C@H]3[C@@H]2CC(=O)O1. The number of hydrogen-bond acceptors (Lipinski definition) is 12. The molecule has 56 heavy (non-hydrogen) atoms. The molecule has 0 radical (unpaired) electrons. The summed E-state index contributed by atoms with van der Waals surface area (Å²) < 4.78 is 50.1. The third kappa shape index (κ3) is 8.05. The number of nitrogens with one attached hydrogen (secondary N) is 1. The van der Waals surface area contributed by atoms with Gasteiger partial charge in [0.1, 0.15) is 30.2 Å². The maximum atomic E-state index is 15.0. The fraction of sp³-hybridized carbons (Fsp3) is 0.837. The number of imidazole rings is 1. The molecule has 3 saturated heterocycles. The lowest BCUT2D eigenvalue weighted by Crippen LogP contribution is -2.59. The molecule has 0 aromatic carbocycles. The molecule has 314 valence electrons. The molecule has 3 aliphatic heterocycles. The lowest BCUT2D eigenvalue weighted by atomic mass is 9.67. The molecule has 17 atom stereocenters. The number of carbonyl (C=O) groups excluding carboxylic acids is 2. The summed E-state index contributed by atoms with van der Waals surface area (Å²) in [5, 5.41) is 0. The zero-order valence-electron chi connectivity index (χ0n) is 35.2. The number of aromatic amines is 1. The summed E-state index contributed by atoms with van der Waals surface area (Å²) in [6, 6.07) is 0.323. The van der Waals surface area contributed by atoms with Crippen LogP contribution in [0.1, 0.15) is 115 Å². The van der Waals surface area contributed by atoms with Gasteiger partial charge in [0.25, 0.3) is 0 Å². The molecule has 1 saturated carbocycles. The van der Waals surface area contributed by atoms with E-state index in [0.717, 1.165) is 67.7 Å². The van der Waals surface area contributed by atoms with Crippen LogP contribution in [0.4, 0.5) is 0 Å². The number of aryl methyl sites for hydroxylation is 1. The Morgan fingerprint density at radius 3 is 2.32 bits per heavy atom. The molecule has 4 fully saturated rings. The lowest BCUT2D eigenvalue weighted by Gasteiger charge is -2.44. The summed E-state index contributed by atoms with van der Waals surface area (Å²) in [5.41, 5.74) is 2.78. The van der Waals surface area contributed by atoms with E-state index in [1.807, 2.05) is 20.8 Å². The van der Waals surface area contributed by atoms with Crippen LogP contribution in [0.15, 0.2) is 11.6 Å². The number of cyclic esters (lactones) is 1. The van der Waals surface area contributed by atoms with Crippen LogP contribution in [-0.2, 0) is 47.5 Å². The number of aromatic nitrogens is 2. The number of ether oxygens (including phenoxy) is 8. The highest BCUT2D eigenvalue weighted by Gasteiger charge is 2.57. The molecule has 7 rings (SSSR count). The van der Waals surface area contributed by atoms with E-state index in [1.54, 1.807) is 21.3 Å². The van der Waals surface area contributed by atoms with Crippen LogP contribution < -0.4 is 0 Å². The number of H-pyrrole nitrogens is 1. The molecule has 0 amide bonds. The molecule has 1 N–H and O–H groups in total. The second-order valence-electron chi connectivity index (χ2n) is 17.6. The first-order valence-electron chi connectivity index (χ1n) is 21.3. The summed E-state index contributed by atoms with van der Waals surface area (Å²) in [6.45, 7) is 10.1. The molecule has 13 heteroatoms. The minimum atomic E-state index is -0.643. The molecule has 4 unspecified atom stereocenters. The van der Waals surface area contributed by atoms with Gasteiger partial charge in [-0.15, -0.1) is 0 Å². The Kier molecular flexibility index (Phi) is 13.1. The van der Waals surface area contributed by atoms with E-state index in [9.17, 15) is 9.59 Å². The molecular weight excluding hydrogens is 718 g/mol. The van der Waals surface area contributed by atoms with Crippen LogP contribution in [0, 0.1) is 30.6 Å². The zero-order valence-corrected chi connectivity index (χ0v) is 35.2. The number of rotatable bonds is 9. The molecule has 13 nitrogen and oxygen atoms in total. The first kappa shape index (κ1) is 41.9. The van der Waals surface area contributed by atoms with Crippen molar-refractivity contribution in [2.45, 2.75) is 172 Å². The summed E-state index contributed by atoms with van der Waals surface area (Å²) in [5.74, 6) is 0.0399. The van der Waals surface area contributed by atoms with Gasteiger partial charge in [0.2, 0.25) is 0 Å². The predicted octanol–water partition coefficient (Wildman–Crippen LogP) is 5.60. The molecule has 6 aliphatic rings. The van der Waals surface area contributed by atoms with Crippen LogP contribution >= 0.6 is 0 Å². The van der Waals surface area contributed by atoms with Gasteiger partial charge in [0.05, 0.1) is 36.5 Å². The van der Waals surface area contributed by atoms with E-state index >= 15 is 0 Å².